The molecule has 0 atom stereocenters. The lowest BCUT2D eigenvalue weighted by molar-refractivity contribution is -0.142. The van der Waals surface area contributed by atoms with Crippen molar-refractivity contribution in [1.82, 2.24) is 9.97 Å². The van der Waals surface area contributed by atoms with Gasteiger partial charge < -0.3 is 15.7 Å². The van der Waals surface area contributed by atoms with Gasteiger partial charge in [-0.15, -0.1) is 0 Å². The van der Waals surface area contributed by atoms with Gasteiger partial charge in [0.1, 0.15) is 4.60 Å². The van der Waals surface area contributed by atoms with Gasteiger partial charge in [0, 0.05) is 13.1 Å². The Kier molecular flexibility index (Phi) is 3.46. The normalized spacial score (nSPS) is 17.1. The van der Waals surface area contributed by atoms with Crippen molar-refractivity contribution in [2.45, 2.75) is 12.8 Å². The van der Waals surface area contributed by atoms with Crippen LogP contribution in [-0.4, -0.2) is 34.1 Å². The first-order chi connectivity index (χ1) is 8.08. The van der Waals surface area contributed by atoms with Crippen LogP contribution in [0.5, 0.6) is 0 Å². The Labute approximate surface area is 107 Å². The fraction of sp³-hybridized carbons (Fsp3) is 0.500. The number of carbonyl (C=O) groups is 1. The van der Waals surface area contributed by atoms with E-state index < -0.39 is 5.97 Å². The van der Waals surface area contributed by atoms with E-state index in [0.717, 1.165) is 0 Å². The molecule has 92 valence electrons. The van der Waals surface area contributed by atoms with Crippen LogP contribution in [0.3, 0.4) is 0 Å². The first-order valence-electron chi connectivity index (χ1n) is 5.33. The van der Waals surface area contributed by atoms with Gasteiger partial charge in [0.15, 0.2) is 11.6 Å². The molecule has 17 heavy (non-hydrogen) atoms. The Morgan fingerprint density at radius 3 is 2.76 bits per heavy atom. The molecule has 0 unspecified atom stereocenters. The standard InChI is InChI=1S/C10H13BrN4O2/c11-7-5-13-8(12)9(14-7)15-3-1-6(2-4-15)10(16)17/h5-6H,1-4H2,(H2,12,13)(H,16,17). The minimum atomic E-state index is -0.724. The van der Waals surface area contributed by atoms with Crippen molar-refractivity contribution in [2.24, 2.45) is 5.92 Å². The van der Waals surface area contributed by atoms with Crippen LogP contribution in [0.1, 0.15) is 12.8 Å². The average Bonchev–Trinajstić information content (AvgIpc) is 2.32. The molecule has 1 fully saturated rings. The molecule has 0 saturated carbocycles. The molecule has 0 bridgehead atoms. The quantitative estimate of drug-likeness (QED) is 0.850. The third kappa shape index (κ3) is 2.66. The monoisotopic (exact) mass is 300 g/mol. The number of hydrogen-bond acceptors (Lipinski definition) is 5. The maximum atomic E-state index is 10.8. The highest BCUT2D eigenvalue weighted by Crippen LogP contribution is 2.26. The van der Waals surface area contributed by atoms with E-state index in [0.29, 0.717) is 42.2 Å². The second kappa shape index (κ2) is 4.87. The third-order valence-corrected chi connectivity index (χ3v) is 3.28. The Morgan fingerprint density at radius 2 is 2.18 bits per heavy atom. The molecule has 0 amide bonds. The number of nitrogens with two attached hydrogens (primary N) is 1. The summed E-state index contributed by atoms with van der Waals surface area (Å²) in [5.41, 5.74) is 5.76. The molecule has 6 nitrogen and oxygen atoms in total. The van der Waals surface area contributed by atoms with Gasteiger partial charge in [-0.25, -0.2) is 9.97 Å². The van der Waals surface area contributed by atoms with Crippen molar-refractivity contribution in [3.63, 3.8) is 0 Å². The van der Waals surface area contributed by atoms with Gasteiger partial charge in [0.2, 0.25) is 0 Å². The van der Waals surface area contributed by atoms with E-state index in [4.69, 9.17) is 10.8 Å². The van der Waals surface area contributed by atoms with E-state index in [9.17, 15) is 4.79 Å². The first kappa shape index (κ1) is 12.1. The predicted octanol–water partition coefficient (Wildman–Crippen LogP) is 1.12. The first-order valence-corrected chi connectivity index (χ1v) is 6.13. The minimum absolute atomic E-state index is 0.257. The van der Waals surface area contributed by atoms with Crippen LogP contribution in [0.25, 0.3) is 0 Å². The van der Waals surface area contributed by atoms with Crippen molar-refractivity contribution < 1.29 is 9.90 Å². The van der Waals surface area contributed by atoms with Crippen LogP contribution in [-0.2, 0) is 4.79 Å². The average molecular weight is 301 g/mol. The van der Waals surface area contributed by atoms with Crippen LogP contribution in [0.15, 0.2) is 10.8 Å². The highest BCUT2D eigenvalue weighted by Gasteiger charge is 2.26. The molecule has 1 saturated heterocycles. The maximum Gasteiger partial charge on any atom is 0.306 e. The van der Waals surface area contributed by atoms with Crippen LogP contribution >= 0.6 is 15.9 Å². The summed E-state index contributed by atoms with van der Waals surface area (Å²) in [5.74, 6) is 0.0238. The van der Waals surface area contributed by atoms with Gasteiger partial charge in [-0.2, -0.15) is 0 Å². The highest BCUT2D eigenvalue weighted by molar-refractivity contribution is 9.10. The summed E-state index contributed by atoms with van der Waals surface area (Å²) in [7, 11) is 0. The second-order valence-electron chi connectivity index (χ2n) is 4.00. The van der Waals surface area contributed by atoms with E-state index in [1.807, 2.05) is 4.90 Å². The number of anilines is 2. The lowest BCUT2D eigenvalue weighted by Gasteiger charge is -2.31. The van der Waals surface area contributed by atoms with E-state index in [-0.39, 0.29) is 5.92 Å². The Balaban J connectivity index is 2.10. The molecule has 2 rings (SSSR count). The molecule has 0 spiro atoms. The minimum Gasteiger partial charge on any atom is -0.481 e. The lowest BCUT2D eigenvalue weighted by atomic mass is 9.97. The highest BCUT2D eigenvalue weighted by atomic mass is 79.9. The summed E-state index contributed by atoms with van der Waals surface area (Å²) < 4.78 is 0.627. The number of carboxylic acid groups (broad SMARTS) is 1. The molecule has 1 aliphatic rings. The number of carboxylic acids is 1. The zero-order chi connectivity index (χ0) is 12.4. The van der Waals surface area contributed by atoms with E-state index >= 15 is 0 Å². The molecule has 0 aromatic carbocycles. The smallest absolute Gasteiger partial charge is 0.306 e. The third-order valence-electron chi connectivity index (χ3n) is 2.90. The molecule has 7 heteroatoms. The summed E-state index contributed by atoms with van der Waals surface area (Å²) >= 11 is 3.25. The lowest BCUT2D eigenvalue weighted by Crippen LogP contribution is -2.37. The van der Waals surface area contributed by atoms with Gasteiger partial charge in [-0.1, -0.05) is 0 Å². The van der Waals surface area contributed by atoms with E-state index in [1.165, 1.54) is 0 Å². The molecule has 0 radical (unpaired) electrons. The number of nitrogen functional groups attached to an aromatic ring is 1. The molecule has 1 aliphatic heterocycles. The van der Waals surface area contributed by atoms with Crippen molar-refractivity contribution in [2.75, 3.05) is 23.7 Å². The van der Waals surface area contributed by atoms with Gasteiger partial charge in [0.25, 0.3) is 0 Å². The molecule has 1 aromatic heterocycles. The zero-order valence-corrected chi connectivity index (χ0v) is 10.7. The van der Waals surface area contributed by atoms with E-state index in [2.05, 4.69) is 25.9 Å². The van der Waals surface area contributed by atoms with Gasteiger partial charge in [0.05, 0.1) is 12.1 Å². The largest absolute Gasteiger partial charge is 0.481 e. The van der Waals surface area contributed by atoms with E-state index in [1.54, 1.807) is 6.20 Å². The maximum absolute atomic E-state index is 10.8. The number of rotatable bonds is 2. The molecule has 1 aromatic rings. The summed E-state index contributed by atoms with van der Waals surface area (Å²) in [6, 6.07) is 0. The summed E-state index contributed by atoms with van der Waals surface area (Å²) in [4.78, 5) is 21.1. The molecule has 2 heterocycles. The Bertz CT molecular complexity index is 432. The SMILES string of the molecule is Nc1ncc(Br)nc1N1CCC(C(=O)O)CC1. The fourth-order valence-corrected chi connectivity index (χ4v) is 2.21. The summed E-state index contributed by atoms with van der Waals surface area (Å²) in [6.45, 7) is 1.29. The number of nitrogens with zero attached hydrogens (tertiary/aromatic N) is 3. The molecular weight excluding hydrogens is 288 g/mol. The summed E-state index contributed by atoms with van der Waals surface area (Å²) in [5, 5.41) is 8.92. The van der Waals surface area contributed by atoms with Crippen LogP contribution in [0, 0.1) is 5.92 Å². The number of aliphatic carboxylic acids is 1. The van der Waals surface area contributed by atoms with Crippen molar-refractivity contribution in [3.05, 3.63) is 10.8 Å². The van der Waals surface area contributed by atoms with Crippen molar-refractivity contribution in [1.29, 1.82) is 0 Å². The fourth-order valence-electron chi connectivity index (χ4n) is 1.94. The summed E-state index contributed by atoms with van der Waals surface area (Å²) in [6.07, 6.45) is 2.77. The number of hydrogen-bond donors (Lipinski definition) is 2. The zero-order valence-electron chi connectivity index (χ0n) is 9.14. The van der Waals surface area contributed by atoms with Crippen molar-refractivity contribution in [3.8, 4) is 0 Å². The Morgan fingerprint density at radius 1 is 1.53 bits per heavy atom. The number of aromatic nitrogens is 2. The van der Waals surface area contributed by atoms with Crippen LogP contribution in [0.4, 0.5) is 11.6 Å². The van der Waals surface area contributed by atoms with Gasteiger partial charge in [-0.3, -0.25) is 4.79 Å². The van der Waals surface area contributed by atoms with Crippen LogP contribution < -0.4 is 10.6 Å². The molecular formula is C10H13BrN4O2. The molecule has 3 N–H and O–H groups in total. The predicted molar refractivity (Wildman–Crippen MR) is 66.7 cm³/mol. The van der Waals surface area contributed by atoms with Gasteiger partial charge >= 0.3 is 5.97 Å². The Hall–Kier alpha value is -1.37. The van der Waals surface area contributed by atoms with Crippen molar-refractivity contribution >= 4 is 33.5 Å². The topological polar surface area (TPSA) is 92.3 Å². The second-order valence-corrected chi connectivity index (χ2v) is 4.81. The number of halogens is 1. The van der Waals surface area contributed by atoms with Gasteiger partial charge in [-0.05, 0) is 28.8 Å². The van der Waals surface area contributed by atoms with Crippen LogP contribution in [0.2, 0.25) is 0 Å². The molecule has 0 aliphatic carbocycles. The number of piperidine rings is 1.